The molecule has 0 unspecified atom stereocenters. The van der Waals surface area contributed by atoms with Crippen LogP contribution in [-0.2, 0) is 4.74 Å². The van der Waals surface area contributed by atoms with E-state index in [9.17, 15) is 9.70 Å². The predicted octanol–water partition coefficient (Wildman–Crippen LogP) is 0.899. The average molecular weight is 145 g/mol. The van der Waals surface area contributed by atoms with Gasteiger partial charge < -0.3 is 4.74 Å². The number of nitrogens with zero attached hydrogens (tertiary/aromatic N) is 2. The SMILES string of the molecule is CC1(C)CN([15N]=O)C(=O)O1. The molecule has 0 bridgehead atoms. The van der Waals surface area contributed by atoms with Gasteiger partial charge in [0.05, 0.1) is 11.8 Å². The van der Waals surface area contributed by atoms with Crippen LogP contribution in [0.4, 0.5) is 4.79 Å². The number of rotatable bonds is 1. The lowest BCUT2D eigenvalue weighted by Crippen LogP contribution is -2.24. The Balaban J connectivity index is 2.70. The molecule has 5 nitrogen and oxygen atoms in total. The molecule has 1 saturated heterocycles. The minimum atomic E-state index is -0.667. The van der Waals surface area contributed by atoms with E-state index in [1.807, 2.05) is 0 Å². The number of hydrogen-bond donors (Lipinski definition) is 0. The van der Waals surface area contributed by atoms with Crippen molar-refractivity contribution in [3.05, 3.63) is 4.91 Å². The quantitative estimate of drug-likeness (QED) is 0.406. The number of cyclic esters (lactones) is 1. The Hall–Kier alpha value is -1.13. The summed E-state index contributed by atoms with van der Waals surface area (Å²) in [6.45, 7) is 3.67. The van der Waals surface area contributed by atoms with Crippen LogP contribution in [0.25, 0.3) is 0 Å². The maximum atomic E-state index is 10.6. The van der Waals surface area contributed by atoms with Crippen LogP contribution in [0.1, 0.15) is 13.8 Å². The van der Waals surface area contributed by atoms with Crippen LogP contribution in [0.5, 0.6) is 0 Å². The van der Waals surface area contributed by atoms with Gasteiger partial charge in [-0.1, -0.05) is 0 Å². The molecule has 0 radical (unpaired) electrons. The van der Waals surface area contributed by atoms with Crippen molar-refractivity contribution in [2.75, 3.05) is 6.54 Å². The fourth-order valence-corrected chi connectivity index (χ4v) is 0.809. The Labute approximate surface area is 57.9 Å². The second kappa shape index (κ2) is 1.93. The number of hydrogen-bond acceptors (Lipinski definition) is 4. The fourth-order valence-electron chi connectivity index (χ4n) is 0.809. The molecule has 1 heterocycles. The van der Waals surface area contributed by atoms with Gasteiger partial charge in [-0.2, -0.15) is 5.01 Å². The molecule has 1 rings (SSSR count). The van der Waals surface area contributed by atoms with Gasteiger partial charge >= 0.3 is 6.09 Å². The standard InChI is InChI=1S/C5H8N2O3/c1-5(2)3-7(6-9)4(8)10-5/h3H2,1-2H3/i6+1. The van der Waals surface area contributed by atoms with E-state index in [1.165, 1.54) is 0 Å². The molecule has 0 atom stereocenters. The minimum absolute atomic E-state index is 0.231. The Morgan fingerprint density at radius 1 is 1.70 bits per heavy atom. The number of carbonyl (C=O) groups is 1. The monoisotopic (exact) mass is 145 g/mol. The molecule has 0 aliphatic carbocycles. The van der Waals surface area contributed by atoms with Gasteiger partial charge in [0.1, 0.15) is 5.60 Å². The van der Waals surface area contributed by atoms with Crippen LogP contribution in [0.3, 0.4) is 0 Å². The van der Waals surface area contributed by atoms with Crippen LogP contribution in [-0.4, -0.2) is 23.2 Å². The van der Waals surface area contributed by atoms with Crippen molar-refractivity contribution in [3.63, 3.8) is 0 Å². The van der Waals surface area contributed by atoms with Gasteiger partial charge in [0, 0.05) is 0 Å². The zero-order valence-electron chi connectivity index (χ0n) is 5.83. The molecule has 1 aliphatic heterocycles. The fraction of sp³-hybridized carbons (Fsp3) is 0.800. The lowest BCUT2D eigenvalue weighted by atomic mass is 10.1. The second-order valence-corrected chi connectivity index (χ2v) is 2.77. The van der Waals surface area contributed by atoms with E-state index < -0.39 is 11.7 Å². The number of ether oxygens (including phenoxy) is 1. The zero-order chi connectivity index (χ0) is 7.78. The molecular weight excluding hydrogens is 137 g/mol. The van der Waals surface area contributed by atoms with Crippen LogP contribution < -0.4 is 0 Å². The smallest absolute Gasteiger partial charge is 0.433 e. The highest BCUT2D eigenvalue weighted by Crippen LogP contribution is 2.20. The lowest BCUT2D eigenvalue weighted by molar-refractivity contribution is 0.0859. The summed E-state index contributed by atoms with van der Waals surface area (Å²) in [4.78, 5) is 20.5. The van der Waals surface area contributed by atoms with E-state index in [0.717, 1.165) is 5.01 Å². The second-order valence-electron chi connectivity index (χ2n) is 2.77. The highest BCUT2D eigenvalue weighted by Gasteiger charge is 2.38. The van der Waals surface area contributed by atoms with E-state index in [1.54, 1.807) is 13.8 Å². The number of nitroso groups, excluding NO2 is 1. The predicted molar refractivity (Wildman–Crippen MR) is 33.1 cm³/mol. The molecule has 0 aromatic rings. The topological polar surface area (TPSA) is 59.0 Å². The third-order valence-corrected chi connectivity index (χ3v) is 1.20. The summed E-state index contributed by atoms with van der Waals surface area (Å²) in [6.07, 6.45) is -0.667. The molecule has 5 heteroatoms. The Kier molecular flexibility index (Phi) is 1.35. The van der Waals surface area contributed by atoms with Gasteiger partial charge in [-0.15, -0.1) is 4.91 Å². The highest BCUT2D eigenvalue weighted by molar-refractivity contribution is 5.69. The van der Waals surface area contributed by atoms with E-state index in [2.05, 4.69) is 5.29 Å². The first-order chi connectivity index (χ1) is 4.55. The van der Waals surface area contributed by atoms with Crippen molar-refractivity contribution in [1.82, 2.24) is 5.01 Å². The first kappa shape index (κ1) is 6.98. The molecule has 10 heavy (non-hydrogen) atoms. The van der Waals surface area contributed by atoms with Gasteiger partial charge in [0.15, 0.2) is 0 Å². The molecule has 0 saturated carbocycles. The Morgan fingerprint density at radius 3 is 2.50 bits per heavy atom. The lowest BCUT2D eigenvalue weighted by Gasteiger charge is -2.11. The first-order valence-electron chi connectivity index (χ1n) is 2.89. The Bertz CT molecular complexity index is 178. The molecular formula is C5H8N2O3. The summed E-state index contributed by atoms with van der Waals surface area (Å²) in [5.41, 5.74) is -0.578. The maximum Gasteiger partial charge on any atom is 0.433 e. The molecule has 0 aromatic carbocycles. The molecule has 1 fully saturated rings. The molecule has 0 spiro atoms. The van der Waals surface area contributed by atoms with Crippen molar-refractivity contribution in [2.45, 2.75) is 19.4 Å². The van der Waals surface area contributed by atoms with Crippen LogP contribution in [0.2, 0.25) is 0 Å². The van der Waals surface area contributed by atoms with Gasteiger partial charge in [0.2, 0.25) is 0 Å². The van der Waals surface area contributed by atoms with E-state index in [-0.39, 0.29) is 6.54 Å². The van der Waals surface area contributed by atoms with Crippen LogP contribution in [0, 0.1) is 4.91 Å². The third-order valence-electron chi connectivity index (χ3n) is 1.20. The largest absolute Gasteiger partial charge is 0.440 e. The molecule has 56 valence electrons. The molecule has 1 amide bonds. The van der Waals surface area contributed by atoms with E-state index >= 15 is 0 Å². The van der Waals surface area contributed by atoms with Crippen molar-refractivity contribution in [2.24, 2.45) is 5.29 Å². The molecule has 0 N–H and O–H groups in total. The summed E-state index contributed by atoms with van der Waals surface area (Å²) in [7, 11) is 0. The zero-order valence-corrected chi connectivity index (χ0v) is 5.83. The number of amides is 1. The summed E-state index contributed by atoms with van der Waals surface area (Å²) < 4.78 is 4.75. The van der Waals surface area contributed by atoms with Crippen LogP contribution >= 0.6 is 0 Å². The van der Waals surface area contributed by atoms with Crippen molar-refractivity contribution in [3.8, 4) is 0 Å². The van der Waals surface area contributed by atoms with Gasteiger partial charge in [-0.25, -0.2) is 4.79 Å². The summed E-state index contributed by atoms with van der Waals surface area (Å²) in [6, 6.07) is 0. The summed E-state index contributed by atoms with van der Waals surface area (Å²) in [5, 5.41) is 3.24. The number of carbonyl (C=O) groups excluding carboxylic acids is 1. The summed E-state index contributed by atoms with van der Waals surface area (Å²) >= 11 is 0. The van der Waals surface area contributed by atoms with Gasteiger partial charge in [-0.3, -0.25) is 0 Å². The normalized spacial score (nSPS) is 22.6. The minimum Gasteiger partial charge on any atom is -0.440 e. The maximum absolute atomic E-state index is 10.6. The first-order valence-corrected chi connectivity index (χ1v) is 2.89. The summed E-state index contributed by atoms with van der Waals surface area (Å²) in [5.74, 6) is 0. The third kappa shape index (κ3) is 1.07. The van der Waals surface area contributed by atoms with Crippen molar-refractivity contribution < 1.29 is 9.53 Å². The average Bonchev–Trinajstić information content (AvgIpc) is 2.05. The van der Waals surface area contributed by atoms with Gasteiger partial charge in [-0.05, 0) is 13.8 Å². The molecule has 0 aromatic heterocycles. The highest BCUT2D eigenvalue weighted by atomic mass is 16.6. The van der Waals surface area contributed by atoms with E-state index in [4.69, 9.17) is 4.74 Å². The van der Waals surface area contributed by atoms with Crippen LogP contribution in [0.15, 0.2) is 5.29 Å². The Morgan fingerprint density at radius 2 is 2.30 bits per heavy atom. The van der Waals surface area contributed by atoms with Gasteiger partial charge in [0.25, 0.3) is 0 Å². The molecule has 1 aliphatic rings. The van der Waals surface area contributed by atoms with E-state index in [0.29, 0.717) is 0 Å². The van der Waals surface area contributed by atoms with Crippen molar-refractivity contribution in [1.29, 1.82) is 0 Å². The van der Waals surface area contributed by atoms with Crippen molar-refractivity contribution >= 4 is 6.09 Å².